The predicted molar refractivity (Wildman–Crippen MR) is 429 cm³/mol. The van der Waals surface area contributed by atoms with Crippen molar-refractivity contribution in [2.24, 2.45) is 17.2 Å². The molecule has 13 atom stereocenters. The Balaban J connectivity index is 1.76. The van der Waals surface area contributed by atoms with Crippen molar-refractivity contribution in [3.05, 3.63) is 95.6 Å². The van der Waals surface area contributed by atoms with Gasteiger partial charge >= 0.3 is 35.8 Å². The monoisotopic (exact) mass is 1740 g/mol. The van der Waals surface area contributed by atoms with Crippen molar-refractivity contribution in [3.63, 3.8) is 0 Å². The fraction of sp³-hybridized carbons (Fsp3) is 0.500. The second-order valence-electron chi connectivity index (χ2n) is 28.3. The summed E-state index contributed by atoms with van der Waals surface area (Å²) in [5.74, 6) is -27.0. The minimum Gasteiger partial charge on any atom is -0.508 e. The maximum atomic E-state index is 14.5. The number of aromatic hydroxyl groups is 2. The van der Waals surface area contributed by atoms with E-state index in [1.807, 2.05) is 51.6 Å². The second-order valence-corrected chi connectivity index (χ2v) is 28.7. The molecule has 0 spiro atoms. The summed E-state index contributed by atoms with van der Waals surface area (Å²) in [4.78, 5) is 263. The molecule has 122 heavy (non-hydrogen) atoms. The normalized spacial score (nSPS) is 14.1. The summed E-state index contributed by atoms with van der Waals surface area (Å²) in [6.45, 7) is 1.75. The summed E-state index contributed by atoms with van der Waals surface area (Å²) in [5, 5.41) is 110. The first-order valence-corrected chi connectivity index (χ1v) is 39.0. The van der Waals surface area contributed by atoms with E-state index in [4.69, 9.17) is 17.2 Å². The van der Waals surface area contributed by atoms with Crippen LogP contribution in [0.2, 0.25) is 0 Å². The molecule has 14 amide bonds. The van der Waals surface area contributed by atoms with E-state index < -0.39 is 243 Å². The molecule has 3 rings (SSSR count). The number of carboxylic acid groups (broad SMARTS) is 6. The lowest BCUT2D eigenvalue weighted by Gasteiger charge is -2.27. The first-order valence-electron chi connectivity index (χ1n) is 38.4. The van der Waals surface area contributed by atoms with E-state index in [0.29, 0.717) is 18.4 Å². The highest BCUT2D eigenvalue weighted by Gasteiger charge is 2.39. The van der Waals surface area contributed by atoms with Crippen LogP contribution in [0.3, 0.4) is 0 Å². The third kappa shape index (κ3) is 41.5. The standard InChI is InChI=1S/C76H107N17O28S/c1-39(79)26-59(98)83-45(27-41-10-4-3-5-11-41)31-60(99)84-44(28-42-14-18-46(94)19-15-42)30-58(97)80-25-22-57(96)85-56(38-122)68(112)81-37-61(100)82-40(2)67(111)88-51(32-62(101)102)72(116)89-50(29-43-16-20-47(95)21-17-43)70(114)86-48(12-6-8-23-77)69(113)90-53(34-64(105)106)73(117)92-55(36-66(109)110)75(119)93-54(35-65(107)108)74(118)91-52(33-63(103)104)71(115)87-49(76(120)121)13-7-9-24-78/h3-5,10-11,14-21,39-40,44-45,48-56,94-95,122H,6-9,12-13,22-38,77-79H2,1-2H3,(H,80,97)(H,81,112)(H,82,100)(H,83,98)(H,84,99)(H,85,96)(H,86,114)(H,87,115)(H,88,111)(H,89,116)(H,90,113)(H,91,118)(H,92,117)(H,93,119)(H,101,102)(H,103,104)(H,105,106)(H,107,108)(H,109,110)(H,120,121)/t39-,40-,44-,45-,48-,49-,50-,51-,52-,53-,54-,55-,56-/m0/s1. The highest BCUT2D eigenvalue weighted by Crippen LogP contribution is 2.17. The lowest BCUT2D eigenvalue weighted by molar-refractivity contribution is -0.145. The van der Waals surface area contributed by atoms with Gasteiger partial charge in [-0.3, -0.25) is 91.1 Å². The number of aliphatic carboxylic acids is 6. The molecule has 0 bridgehead atoms. The van der Waals surface area contributed by atoms with Crippen molar-refractivity contribution in [3.8, 4) is 11.5 Å². The number of hydrogen-bond donors (Lipinski definition) is 26. The summed E-state index contributed by atoms with van der Waals surface area (Å²) >= 11 is 4.13. The second kappa shape index (κ2) is 54.1. The zero-order valence-corrected chi connectivity index (χ0v) is 67.6. The average molecular weight is 1740 g/mol. The van der Waals surface area contributed by atoms with Gasteiger partial charge in [-0.05, 0) is 119 Å². The Morgan fingerprint density at radius 1 is 0.336 bits per heavy atom. The molecule has 0 aliphatic rings. The molecule has 0 aliphatic heterocycles. The van der Waals surface area contributed by atoms with Crippen LogP contribution in [0.15, 0.2) is 78.9 Å². The molecule has 0 heterocycles. The molecule has 46 heteroatoms. The van der Waals surface area contributed by atoms with Crippen LogP contribution in [-0.4, -0.2) is 270 Å². The molecular formula is C76H107N17O28S. The van der Waals surface area contributed by atoms with E-state index in [-0.39, 0.29) is 106 Å². The van der Waals surface area contributed by atoms with E-state index >= 15 is 0 Å². The van der Waals surface area contributed by atoms with Gasteiger partial charge < -0.3 is 132 Å². The number of unbranched alkanes of at least 4 members (excludes halogenated alkanes) is 2. The number of rotatable bonds is 58. The number of amides is 14. The maximum Gasteiger partial charge on any atom is 0.326 e. The van der Waals surface area contributed by atoms with Gasteiger partial charge in [0.2, 0.25) is 82.7 Å². The molecule has 0 saturated heterocycles. The van der Waals surface area contributed by atoms with Gasteiger partial charge in [-0.2, -0.15) is 12.6 Å². The Morgan fingerprint density at radius 3 is 1.09 bits per heavy atom. The minimum absolute atomic E-state index is 0.00596. The largest absolute Gasteiger partial charge is 0.508 e. The van der Waals surface area contributed by atoms with Crippen molar-refractivity contribution >= 4 is 131 Å². The van der Waals surface area contributed by atoms with Gasteiger partial charge in [-0.15, -0.1) is 0 Å². The van der Waals surface area contributed by atoms with E-state index in [1.165, 1.54) is 36.4 Å². The van der Waals surface area contributed by atoms with Gasteiger partial charge in [0.25, 0.3) is 0 Å². The number of hydrogen-bond acceptors (Lipinski definition) is 26. The number of phenols is 2. The van der Waals surface area contributed by atoms with E-state index in [2.05, 4.69) is 65.8 Å². The lowest BCUT2D eigenvalue weighted by atomic mass is 10.00. The van der Waals surface area contributed by atoms with Gasteiger partial charge in [-0.1, -0.05) is 54.6 Å². The van der Waals surface area contributed by atoms with E-state index in [1.54, 1.807) is 19.1 Å². The third-order valence-corrected chi connectivity index (χ3v) is 18.1. The number of benzene rings is 3. The summed E-state index contributed by atoms with van der Waals surface area (Å²) < 4.78 is 0. The molecule has 3 aromatic carbocycles. The quantitative estimate of drug-likeness (QED) is 0.0185. The van der Waals surface area contributed by atoms with Gasteiger partial charge in [0, 0.05) is 62.5 Å². The molecule has 0 unspecified atom stereocenters. The van der Waals surface area contributed by atoms with Crippen LogP contribution in [-0.2, 0) is 115 Å². The van der Waals surface area contributed by atoms with E-state index in [0.717, 1.165) is 12.5 Å². The molecule has 0 aromatic heterocycles. The van der Waals surface area contributed by atoms with Crippen LogP contribution in [0.5, 0.6) is 11.5 Å². The van der Waals surface area contributed by atoms with Crippen molar-refractivity contribution in [2.45, 2.75) is 208 Å². The predicted octanol–water partition coefficient (Wildman–Crippen LogP) is -6.25. The van der Waals surface area contributed by atoms with Crippen LogP contribution in [0, 0.1) is 0 Å². The zero-order valence-electron chi connectivity index (χ0n) is 66.7. The van der Waals surface area contributed by atoms with Crippen LogP contribution in [0.4, 0.5) is 0 Å². The fourth-order valence-corrected chi connectivity index (χ4v) is 11.9. The highest BCUT2D eigenvalue weighted by atomic mass is 32.1. The first-order chi connectivity index (χ1) is 57.6. The summed E-state index contributed by atoms with van der Waals surface area (Å²) in [5.41, 5.74) is 18.6. The van der Waals surface area contributed by atoms with Crippen LogP contribution in [0.1, 0.15) is 127 Å². The number of nitrogens with two attached hydrogens (primary N) is 3. The van der Waals surface area contributed by atoms with Crippen LogP contribution >= 0.6 is 12.6 Å². The highest BCUT2D eigenvalue weighted by molar-refractivity contribution is 7.80. The molecule has 28 N–H and O–H groups in total. The average Bonchev–Trinajstić information content (AvgIpc) is 0.834. The topological polar surface area (TPSA) is 750 Å². The van der Waals surface area contributed by atoms with Gasteiger partial charge in [0.1, 0.15) is 71.9 Å². The molecular weight excluding hydrogens is 1630 g/mol. The van der Waals surface area contributed by atoms with Crippen molar-refractivity contribution in [1.29, 1.82) is 0 Å². The maximum absolute atomic E-state index is 14.5. The zero-order chi connectivity index (χ0) is 91.3. The summed E-state index contributed by atoms with van der Waals surface area (Å²) in [6, 6.07) is -1.49. The number of thiol groups is 1. The van der Waals surface area contributed by atoms with Crippen molar-refractivity contribution in [1.82, 2.24) is 74.4 Å². The van der Waals surface area contributed by atoms with E-state index in [9.17, 15) is 137 Å². The van der Waals surface area contributed by atoms with Gasteiger partial charge in [0.05, 0.1) is 38.6 Å². The van der Waals surface area contributed by atoms with Gasteiger partial charge in [-0.25, -0.2) is 4.79 Å². The third-order valence-electron chi connectivity index (χ3n) is 17.8. The Bertz CT molecular complexity index is 4130. The Labute approximate surface area is 703 Å². The molecule has 45 nitrogen and oxygen atoms in total. The molecule has 670 valence electrons. The molecule has 0 saturated carbocycles. The summed E-state index contributed by atoms with van der Waals surface area (Å²) in [6.07, 6.45) is -7.56. The number of nitrogens with one attached hydrogen (secondary N) is 14. The molecule has 0 aliphatic carbocycles. The van der Waals surface area contributed by atoms with Crippen LogP contribution < -0.4 is 91.6 Å². The first kappa shape index (κ1) is 103. The lowest BCUT2D eigenvalue weighted by Crippen LogP contribution is -2.61. The van der Waals surface area contributed by atoms with Crippen LogP contribution in [0.25, 0.3) is 0 Å². The Kier molecular flexibility index (Phi) is 45.7. The van der Waals surface area contributed by atoms with Gasteiger partial charge in [0.15, 0.2) is 0 Å². The Morgan fingerprint density at radius 2 is 0.689 bits per heavy atom. The van der Waals surface area contributed by atoms with Crippen molar-refractivity contribution < 1.29 is 137 Å². The number of phenolic OH excluding ortho intramolecular Hbond substituents is 2. The number of carboxylic acids is 6. The van der Waals surface area contributed by atoms with Crippen molar-refractivity contribution in [2.75, 3.05) is 31.9 Å². The minimum atomic E-state index is -2.38. The number of carbonyl (C=O) groups is 20. The molecule has 0 radical (unpaired) electrons. The smallest absolute Gasteiger partial charge is 0.326 e. The number of carbonyl (C=O) groups excluding carboxylic acids is 14. The molecule has 0 fully saturated rings. The Hall–Kier alpha value is -13.1. The SMILES string of the molecule is C[C@H](N)CC(=O)N[C@H](CC(=O)N[C@H](CC(=O)NCCC(=O)N[C@@H](CS)C(=O)NCC(=O)N[C@@H](C)C(=O)N[C@@H](CC(=O)O)C(=O)N[C@@H](Cc1ccc(O)cc1)C(=O)N[C@@H](CCCCN)C(=O)N[C@@H](CC(=O)O)C(=O)N[C@@H](CC(=O)O)C(=O)N[C@@H](CC(=O)O)C(=O)N[C@@H](CC(=O)O)C(=O)N[C@@H](CCCCN)C(=O)O)Cc1ccc(O)cc1)Cc1ccccc1. The summed E-state index contributed by atoms with van der Waals surface area (Å²) in [7, 11) is 0. The molecule has 3 aromatic rings. The fourth-order valence-electron chi connectivity index (χ4n) is 11.7.